The first-order valence-corrected chi connectivity index (χ1v) is 11.5. The van der Waals surface area contributed by atoms with Gasteiger partial charge in [-0.3, -0.25) is 0 Å². The molecule has 0 aliphatic carbocycles. The highest BCUT2D eigenvalue weighted by Crippen LogP contribution is 2.50. The van der Waals surface area contributed by atoms with Crippen LogP contribution in [0.3, 0.4) is 0 Å². The van der Waals surface area contributed by atoms with Crippen LogP contribution in [0.2, 0.25) is 0 Å². The van der Waals surface area contributed by atoms with E-state index >= 15 is 0 Å². The SMILES string of the molecule is CCS(CC)(CC)OC(=O)C(=O)OS(CC)(CC)CC. The number of hydrogen-bond acceptors (Lipinski definition) is 4. The van der Waals surface area contributed by atoms with E-state index in [2.05, 4.69) is 0 Å². The third-order valence-electron chi connectivity index (χ3n) is 3.83. The summed E-state index contributed by atoms with van der Waals surface area (Å²) in [4.78, 5) is 24.0. The van der Waals surface area contributed by atoms with Gasteiger partial charge in [0.25, 0.3) is 0 Å². The fourth-order valence-corrected chi connectivity index (χ4v) is 5.90. The van der Waals surface area contributed by atoms with Gasteiger partial charge in [0, 0.05) is 34.5 Å². The lowest BCUT2D eigenvalue weighted by atomic mass is 10.7. The van der Waals surface area contributed by atoms with Crippen LogP contribution in [0.25, 0.3) is 0 Å². The molecule has 0 unspecified atom stereocenters. The molecule has 0 saturated heterocycles. The molecular formula is C14H30O4S2. The Kier molecular flexibility index (Phi) is 8.66. The molecule has 0 heterocycles. The van der Waals surface area contributed by atoms with Crippen molar-refractivity contribution in [3.8, 4) is 0 Å². The van der Waals surface area contributed by atoms with Gasteiger partial charge >= 0.3 is 11.9 Å². The van der Waals surface area contributed by atoms with E-state index < -0.39 is 32.6 Å². The van der Waals surface area contributed by atoms with Crippen molar-refractivity contribution in [1.29, 1.82) is 0 Å². The summed E-state index contributed by atoms with van der Waals surface area (Å²) in [6.07, 6.45) is 0. The van der Waals surface area contributed by atoms with Crippen LogP contribution < -0.4 is 0 Å². The van der Waals surface area contributed by atoms with Crippen molar-refractivity contribution in [2.24, 2.45) is 0 Å². The fourth-order valence-electron chi connectivity index (χ4n) is 1.97. The lowest BCUT2D eigenvalue weighted by molar-refractivity contribution is -0.155. The minimum atomic E-state index is -1.47. The van der Waals surface area contributed by atoms with Gasteiger partial charge in [-0.1, -0.05) is 62.2 Å². The average Bonchev–Trinajstić information content (AvgIpc) is 2.50. The third-order valence-corrected chi connectivity index (χ3v) is 11.2. The monoisotopic (exact) mass is 326 g/mol. The lowest BCUT2D eigenvalue weighted by Crippen LogP contribution is -2.27. The van der Waals surface area contributed by atoms with Crippen LogP contribution in [-0.2, 0) is 18.0 Å². The van der Waals surface area contributed by atoms with E-state index in [4.69, 9.17) is 8.37 Å². The van der Waals surface area contributed by atoms with Crippen LogP contribution in [-0.4, -0.2) is 46.5 Å². The van der Waals surface area contributed by atoms with Crippen molar-refractivity contribution in [2.45, 2.75) is 41.5 Å². The van der Waals surface area contributed by atoms with Crippen molar-refractivity contribution < 1.29 is 18.0 Å². The van der Waals surface area contributed by atoms with Crippen LogP contribution in [0.4, 0.5) is 0 Å². The summed E-state index contributed by atoms with van der Waals surface area (Å²) in [6.45, 7) is 12.0. The van der Waals surface area contributed by atoms with E-state index in [-0.39, 0.29) is 0 Å². The summed E-state index contributed by atoms with van der Waals surface area (Å²) in [5.41, 5.74) is 0. The second-order valence-corrected chi connectivity index (χ2v) is 12.1. The molecule has 0 aliphatic heterocycles. The second-order valence-electron chi connectivity index (χ2n) is 4.41. The van der Waals surface area contributed by atoms with Crippen LogP contribution >= 0.6 is 20.6 Å². The molecule has 0 amide bonds. The maximum atomic E-state index is 12.0. The number of hydrogen-bond donors (Lipinski definition) is 0. The van der Waals surface area contributed by atoms with Crippen molar-refractivity contribution in [3.05, 3.63) is 0 Å². The molecule has 0 aliphatic rings. The Morgan fingerprint density at radius 2 is 0.800 bits per heavy atom. The Bertz CT molecular complexity index is 275. The minimum Gasteiger partial charge on any atom is -0.407 e. The average molecular weight is 327 g/mol. The van der Waals surface area contributed by atoms with Crippen molar-refractivity contribution in [1.82, 2.24) is 0 Å². The zero-order chi connectivity index (χ0) is 15.8. The van der Waals surface area contributed by atoms with E-state index in [9.17, 15) is 9.59 Å². The van der Waals surface area contributed by atoms with E-state index in [0.717, 1.165) is 34.5 Å². The zero-order valence-electron chi connectivity index (χ0n) is 13.7. The lowest BCUT2D eigenvalue weighted by Gasteiger charge is -2.38. The summed E-state index contributed by atoms with van der Waals surface area (Å²) in [5, 5.41) is 0. The van der Waals surface area contributed by atoms with Crippen molar-refractivity contribution in [2.75, 3.05) is 34.5 Å². The van der Waals surface area contributed by atoms with Gasteiger partial charge < -0.3 is 8.37 Å². The Morgan fingerprint density at radius 1 is 0.600 bits per heavy atom. The van der Waals surface area contributed by atoms with Crippen LogP contribution in [0.15, 0.2) is 0 Å². The molecule has 20 heavy (non-hydrogen) atoms. The van der Waals surface area contributed by atoms with E-state index in [1.165, 1.54) is 0 Å². The molecule has 0 atom stereocenters. The summed E-state index contributed by atoms with van der Waals surface area (Å²) in [5.74, 6) is 3.09. The van der Waals surface area contributed by atoms with Crippen molar-refractivity contribution in [3.63, 3.8) is 0 Å². The van der Waals surface area contributed by atoms with E-state index in [0.29, 0.717) is 0 Å². The van der Waals surface area contributed by atoms with Gasteiger partial charge in [-0.15, -0.1) is 0 Å². The number of rotatable bonds is 8. The van der Waals surface area contributed by atoms with Gasteiger partial charge in [0.1, 0.15) is 0 Å². The van der Waals surface area contributed by atoms with Crippen LogP contribution in [0.5, 0.6) is 0 Å². The molecule has 0 radical (unpaired) electrons. The molecule has 0 N–H and O–H groups in total. The molecule has 0 spiro atoms. The summed E-state index contributed by atoms with van der Waals surface area (Å²) in [7, 11) is -2.94. The summed E-state index contributed by atoms with van der Waals surface area (Å²) < 4.78 is 11.0. The maximum Gasteiger partial charge on any atom is 0.428 e. The van der Waals surface area contributed by atoms with Crippen LogP contribution in [0.1, 0.15) is 41.5 Å². The highest BCUT2D eigenvalue weighted by Gasteiger charge is 2.32. The first-order valence-electron chi connectivity index (χ1n) is 7.37. The quantitative estimate of drug-likeness (QED) is 0.639. The maximum absolute atomic E-state index is 12.0. The highest BCUT2D eigenvalue weighted by atomic mass is 32.3. The van der Waals surface area contributed by atoms with Gasteiger partial charge in [0.15, 0.2) is 0 Å². The number of carbonyl (C=O) groups excluding carboxylic acids is 2. The van der Waals surface area contributed by atoms with Crippen molar-refractivity contribution >= 4 is 32.6 Å². The van der Waals surface area contributed by atoms with Gasteiger partial charge in [0.05, 0.1) is 0 Å². The standard InChI is InChI=1S/C14H30O4S2/c1-7-19(8-2,9-3)17-13(15)14(16)18-20(10-4,11-5)12-6/h7-12H2,1-6H3. The summed E-state index contributed by atoms with van der Waals surface area (Å²) >= 11 is 0. The largest absolute Gasteiger partial charge is 0.428 e. The Hall–Kier alpha value is -0.360. The van der Waals surface area contributed by atoms with Gasteiger partial charge in [0.2, 0.25) is 0 Å². The molecule has 0 rings (SSSR count). The molecule has 6 heteroatoms. The normalized spacial score (nSPS) is 13.7. The van der Waals surface area contributed by atoms with Gasteiger partial charge in [-0.25, -0.2) is 9.59 Å². The molecule has 0 aromatic heterocycles. The first kappa shape index (κ1) is 19.6. The van der Waals surface area contributed by atoms with Crippen LogP contribution in [0, 0.1) is 0 Å². The van der Waals surface area contributed by atoms with E-state index in [1.807, 2.05) is 41.5 Å². The van der Waals surface area contributed by atoms with Gasteiger partial charge in [-0.05, 0) is 0 Å². The number of carbonyl (C=O) groups is 2. The van der Waals surface area contributed by atoms with E-state index in [1.54, 1.807) is 0 Å². The molecule has 0 saturated carbocycles. The molecule has 0 bridgehead atoms. The Labute approximate surface area is 127 Å². The molecule has 0 aromatic rings. The topological polar surface area (TPSA) is 52.6 Å². The minimum absolute atomic E-state index is 0.784. The third kappa shape index (κ3) is 4.88. The smallest absolute Gasteiger partial charge is 0.407 e. The highest BCUT2D eigenvalue weighted by molar-refractivity contribution is 8.30. The predicted molar refractivity (Wildman–Crippen MR) is 90.6 cm³/mol. The molecule has 0 aromatic carbocycles. The predicted octanol–water partition coefficient (Wildman–Crippen LogP) is 3.63. The fraction of sp³-hybridized carbons (Fsp3) is 0.857. The molecular weight excluding hydrogens is 296 g/mol. The molecule has 4 nitrogen and oxygen atoms in total. The molecule has 122 valence electrons. The Balaban J connectivity index is 4.83. The summed E-state index contributed by atoms with van der Waals surface area (Å²) in [6, 6.07) is 0. The Morgan fingerprint density at radius 3 is 0.950 bits per heavy atom. The second kappa shape index (κ2) is 8.82. The first-order chi connectivity index (χ1) is 9.38. The zero-order valence-corrected chi connectivity index (χ0v) is 15.3. The van der Waals surface area contributed by atoms with Gasteiger partial charge in [-0.2, -0.15) is 0 Å². The molecule has 0 fully saturated rings.